The number of amides is 1. The van der Waals surface area contributed by atoms with Crippen LogP contribution in [0.1, 0.15) is 12.8 Å². The molecule has 6 nitrogen and oxygen atoms in total. The minimum absolute atomic E-state index is 0.115. The van der Waals surface area contributed by atoms with Crippen molar-refractivity contribution in [1.82, 2.24) is 14.9 Å². The molecule has 9 heteroatoms. The number of carbonyl (C=O) groups excluding carboxylic acids is 1. The van der Waals surface area contributed by atoms with E-state index in [1.165, 1.54) is 7.11 Å². The van der Waals surface area contributed by atoms with Gasteiger partial charge in [0.2, 0.25) is 11.8 Å². The number of hydrogen-bond acceptors (Lipinski definition) is 5. The van der Waals surface area contributed by atoms with Crippen molar-refractivity contribution < 1.29 is 22.7 Å². The molecule has 1 saturated heterocycles. The topological polar surface area (TPSA) is 67.3 Å². The molecule has 2 heterocycles. The molecular formula is C13H17F3N4O2. The maximum absolute atomic E-state index is 12.3. The molecule has 0 radical (unpaired) electrons. The van der Waals surface area contributed by atoms with Gasteiger partial charge in [0.05, 0.1) is 7.11 Å². The van der Waals surface area contributed by atoms with Crippen molar-refractivity contribution in [2.45, 2.75) is 19.0 Å². The number of likely N-dealkylation sites (tertiary alicyclic amines) is 1. The molecule has 1 aromatic heterocycles. The molecule has 1 aromatic rings. The average Bonchev–Trinajstić information content (AvgIpc) is 2.52. The van der Waals surface area contributed by atoms with Crippen LogP contribution in [0.15, 0.2) is 12.3 Å². The summed E-state index contributed by atoms with van der Waals surface area (Å²) in [5, 5.41) is 3.04. The summed E-state index contributed by atoms with van der Waals surface area (Å²) in [7, 11) is 1.50. The van der Waals surface area contributed by atoms with Gasteiger partial charge in [-0.15, -0.1) is 0 Å². The number of nitrogens with one attached hydrogen (secondary N) is 1. The largest absolute Gasteiger partial charge is 0.481 e. The fraction of sp³-hybridized carbons (Fsp3) is 0.615. The first kappa shape index (κ1) is 16.3. The Balaban J connectivity index is 1.79. The highest BCUT2D eigenvalue weighted by Gasteiger charge is 2.43. The van der Waals surface area contributed by atoms with Gasteiger partial charge in [0.15, 0.2) is 0 Å². The van der Waals surface area contributed by atoms with Gasteiger partial charge in [-0.05, 0) is 18.8 Å². The van der Waals surface area contributed by atoms with Crippen LogP contribution in [-0.4, -0.2) is 53.7 Å². The van der Waals surface area contributed by atoms with E-state index < -0.39 is 12.1 Å². The normalized spacial score (nSPS) is 16.5. The number of alkyl halides is 3. The van der Waals surface area contributed by atoms with E-state index in [9.17, 15) is 18.0 Å². The van der Waals surface area contributed by atoms with Crippen LogP contribution in [0.3, 0.4) is 0 Å². The van der Waals surface area contributed by atoms with E-state index in [0.29, 0.717) is 31.2 Å². The zero-order chi connectivity index (χ0) is 16.2. The van der Waals surface area contributed by atoms with Crippen LogP contribution in [0.5, 0.6) is 5.88 Å². The van der Waals surface area contributed by atoms with Gasteiger partial charge >= 0.3 is 12.1 Å². The van der Waals surface area contributed by atoms with E-state index in [-0.39, 0.29) is 19.0 Å². The molecule has 1 aliphatic heterocycles. The lowest BCUT2D eigenvalue weighted by Gasteiger charge is -2.32. The number of aromatic nitrogens is 2. The second-order valence-electron chi connectivity index (χ2n) is 5.04. The fourth-order valence-corrected chi connectivity index (χ4v) is 2.30. The molecule has 22 heavy (non-hydrogen) atoms. The van der Waals surface area contributed by atoms with Gasteiger partial charge in [-0.25, -0.2) is 4.98 Å². The first-order valence-electron chi connectivity index (χ1n) is 6.87. The molecule has 0 saturated carbocycles. The van der Waals surface area contributed by atoms with Crippen LogP contribution in [0.4, 0.5) is 19.1 Å². The number of piperidine rings is 1. The van der Waals surface area contributed by atoms with Crippen LogP contribution in [0.2, 0.25) is 0 Å². The third kappa shape index (κ3) is 4.22. The Hall–Kier alpha value is -2.06. The first-order chi connectivity index (χ1) is 10.4. The highest BCUT2D eigenvalue weighted by Crippen LogP contribution is 2.24. The number of carbonyl (C=O) groups is 1. The number of ether oxygens (including phenoxy) is 1. The summed E-state index contributed by atoms with van der Waals surface area (Å²) in [5.41, 5.74) is 0. The van der Waals surface area contributed by atoms with E-state index >= 15 is 0 Å². The van der Waals surface area contributed by atoms with Crippen molar-refractivity contribution in [3.8, 4) is 5.88 Å². The summed E-state index contributed by atoms with van der Waals surface area (Å²) in [6, 6.07) is 1.62. The Bertz CT molecular complexity index is 516. The Morgan fingerprint density at radius 3 is 2.73 bits per heavy atom. The summed E-state index contributed by atoms with van der Waals surface area (Å²) in [4.78, 5) is 20.1. The molecule has 1 N–H and O–H groups in total. The number of anilines is 1. The van der Waals surface area contributed by atoms with Gasteiger partial charge in [-0.2, -0.15) is 18.2 Å². The maximum atomic E-state index is 12.3. The third-order valence-electron chi connectivity index (χ3n) is 3.53. The number of nitrogens with zero attached hydrogens (tertiary/aromatic N) is 3. The third-order valence-corrected chi connectivity index (χ3v) is 3.53. The molecule has 1 amide bonds. The first-order valence-corrected chi connectivity index (χ1v) is 6.87. The monoisotopic (exact) mass is 318 g/mol. The van der Waals surface area contributed by atoms with Crippen molar-refractivity contribution in [3.63, 3.8) is 0 Å². The van der Waals surface area contributed by atoms with Crippen molar-refractivity contribution in [3.05, 3.63) is 12.3 Å². The van der Waals surface area contributed by atoms with E-state index in [2.05, 4.69) is 15.3 Å². The average molecular weight is 318 g/mol. The lowest BCUT2D eigenvalue weighted by atomic mass is 9.97. The fourth-order valence-electron chi connectivity index (χ4n) is 2.30. The molecule has 0 unspecified atom stereocenters. The lowest BCUT2D eigenvalue weighted by molar-refractivity contribution is -0.186. The van der Waals surface area contributed by atoms with Crippen LogP contribution in [0, 0.1) is 5.92 Å². The van der Waals surface area contributed by atoms with Crippen LogP contribution >= 0.6 is 0 Å². The van der Waals surface area contributed by atoms with Gasteiger partial charge in [-0.3, -0.25) is 4.79 Å². The smallest absolute Gasteiger partial charge is 0.471 e. The standard InChI is InChI=1S/C13H17F3N4O2/c1-22-10-2-5-17-12(19-10)18-8-9-3-6-20(7-4-9)11(21)13(14,15)16/h2,5,9H,3-4,6-8H2,1H3,(H,17,18,19). The van der Waals surface area contributed by atoms with E-state index in [4.69, 9.17) is 4.74 Å². The van der Waals surface area contributed by atoms with Gasteiger partial charge in [0.1, 0.15) is 0 Å². The Morgan fingerprint density at radius 2 is 2.14 bits per heavy atom. The second-order valence-corrected chi connectivity index (χ2v) is 5.04. The van der Waals surface area contributed by atoms with Crippen molar-refractivity contribution in [2.24, 2.45) is 5.92 Å². The molecule has 1 fully saturated rings. The summed E-state index contributed by atoms with van der Waals surface area (Å²) in [6.45, 7) is 0.772. The molecule has 0 aliphatic carbocycles. The van der Waals surface area contributed by atoms with E-state index in [0.717, 1.165) is 4.90 Å². The van der Waals surface area contributed by atoms with E-state index in [1.807, 2.05) is 0 Å². The molecule has 0 spiro atoms. The predicted molar refractivity (Wildman–Crippen MR) is 72.4 cm³/mol. The van der Waals surface area contributed by atoms with Crippen molar-refractivity contribution in [2.75, 3.05) is 32.1 Å². The quantitative estimate of drug-likeness (QED) is 0.915. The summed E-state index contributed by atoms with van der Waals surface area (Å²) in [6.07, 6.45) is -2.21. The Labute approximate surface area is 125 Å². The number of hydrogen-bond donors (Lipinski definition) is 1. The molecule has 122 valence electrons. The van der Waals surface area contributed by atoms with Gasteiger partial charge in [0.25, 0.3) is 0 Å². The van der Waals surface area contributed by atoms with Gasteiger partial charge < -0.3 is 15.0 Å². The summed E-state index contributed by atoms with van der Waals surface area (Å²) < 4.78 is 42.0. The minimum atomic E-state index is -4.79. The number of methoxy groups -OCH3 is 1. The summed E-state index contributed by atoms with van der Waals surface area (Å²) >= 11 is 0. The van der Waals surface area contributed by atoms with Crippen LogP contribution < -0.4 is 10.1 Å². The lowest BCUT2D eigenvalue weighted by Crippen LogP contribution is -2.46. The van der Waals surface area contributed by atoms with Crippen LogP contribution in [-0.2, 0) is 4.79 Å². The molecule has 1 aliphatic rings. The molecular weight excluding hydrogens is 301 g/mol. The molecule has 0 atom stereocenters. The minimum Gasteiger partial charge on any atom is -0.481 e. The maximum Gasteiger partial charge on any atom is 0.471 e. The highest BCUT2D eigenvalue weighted by molar-refractivity contribution is 5.81. The number of rotatable bonds is 4. The molecule has 0 bridgehead atoms. The Morgan fingerprint density at radius 1 is 1.45 bits per heavy atom. The highest BCUT2D eigenvalue weighted by atomic mass is 19.4. The van der Waals surface area contributed by atoms with Crippen molar-refractivity contribution >= 4 is 11.9 Å². The molecule has 0 aromatic carbocycles. The van der Waals surface area contributed by atoms with Crippen LogP contribution in [0.25, 0.3) is 0 Å². The SMILES string of the molecule is COc1ccnc(NCC2CCN(C(=O)C(F)(F)F)CC2)n1. The Kier molecular flexibility index (Phi) is 5.04. The second kappa shape index (κ2) is 6.80. The van der Waals surface area contributed by atoms with Gasteiger partial charge in [-0.1, -0.05) is 0 Å². The summed E-state index contributed by atoms with van der Waals surface area (Å²) in [5.74, 6) is -0.738. The van der Waals surface area contributed by atoms with Gasteiger partial charge in [0, 0.05) is 31.9 Å². The zero-order valence-electron chi connectivity index (χ0n) is 12.1. The van der Waals surface area contributed by atoms with Crippen molar-refractivity contribution in [1.29, 1.82) is 0 Å². The predicted octanol–water partition coefficient (Wildman–Crippen LogP) is 1.70. The zero-order valence-corrected chi connectivity index (χ0v) is 12.1. The molecule has 2 rings (SSSR count). The van der Waals surface area contributed by atoms with E-state index in [1.54, 1.807) is 12.3 Å². The number of halogens is 3.